The number of hydrogen-bond donors (Lipinski definition) is 2. The highest BCUT2D eigenvalue weighted by Gasteiger charge is 2.50. The van der Waals surface area contributed by atoms with Crippen LogP contribution in [0.3, 0.4) is 0 Å². The van der Waals surface area contributed by atoms with E-state index in [-0.39, 0.29) is 49.8 Å². The second kappa shape index (κ2) is 21.3. The molecule has 7 heterocycles. The van der Waals surface area contributed by atoms with Gasteiger partial charge in [-0.2, -0.15) is 0 Å². The van der Waals surface area contributed by atoms with E-state index in [4.69, 9.17) is 23.9 Å². The van der Waals surface area contributed by atoms with Crippen molar-refractivity contribution in [3.05, 3.63) is 60.4 Å². The minimum absolute atomic E-state index is 0.136. The smallest absolute Gasteiger partial charge is 0.324 e. The fourth-order valence-electron chi connectivity index (χ4n) is 11.5. The van der Waals surface area contributed by atoms with E-state index in [1.807, 2.05) is 33.8 Å². The topological polar surface area (TPSA) is 180 Å². The van der Waals surface area contributed by atoms with Crippen LogP contribution >= 0.6 is 0 Å². The lowest BCUT2D eigenvalue weighted by molar-refractivity contribution is -0.156. The number of fused-ring (bicyclic) bond motifs is 6. The maximum atomic E-state index is 14.8. The van der Waals surface area contributed by atoms with Crippen LogP contribution in [0.4, 0.5) is 10.5 Å². The molecule has 0 saturated carbocycles. The molecule has 0 aliphatic carbocycles. The molecule has 5 amide bonds. The number of methoxy groups -OCH3 is 1. The number of carbonyl (C=O) groups excluding carboxylic acids is 5. The predicted octanol–water partition coefficient (Wildman–Crippen LogP) is 5.43. The number of amides is 5. The summed E-state index contributed by atoms with van der Waals surface area (Å²) in [5.41, 5.74) is 8.18. The molecule has 18 nitrogen and oxygen atoms in total. The highest BCUT2D eigenvalue weighted by molar-refractivity contribution is 5.95. The van der Waals surface area contributed by atoms with E-state index in [1.165, 1.54) is 16.0 Å². The first-order valence-electron chi connectivity index (χ1n) is 25.5. The fourth-order valence-corrected chi connectivity index (χ4v) is 11.5. The van der Waals surface area contributed by atoms with Gasteiger partial charge in [-0.25, -0.2) is 10.2 Å². The van der Waals surface area contributed by atoms with Crippen molar-refractivity contribution in [2.24, 2.45) is 11.3 Å². The van der Waals surface area contributed by atoms with E-state index in [9.17, 15) is 24.0 Å². The number of likely N-dealkylation sites (tertiary alicyclic amines) is 1. The molecule has 1 aromatic carbocycles. The maximum Gasteiger partial charge on any atom is 0.324 e. The number of rotatable bonds is 9. The van der Waals surface area contributed by atoms with Crippen LogP contribution in [0.15, 0.2) is 49.2 Å². The maximum absolute atomic E-state index is 14.8. The molecule has 18 heteroatoms. The highest BCUT2D eigenvalue weighted by atomic mass is 16.5. The van der Waals surface area contributed by atoms with E-state index in [2.05, 4.69) is 71.8 Å². The van der Waals surface area contributed by atoms with Crippen LogP contribution in [-0.2, 0) is 51.1 Å². The molecule has 2 N–H and O–H groups in total. The average Bonchev–Trinajstić information content (AvgIpc) is 3.85. The number of carbonyl (C=O) groups is 5. The van der Waals surface area contributed by atoms with Crippen molar-refractivity contribution in [2.75, 3.05) is 71.7 Å². The van der Waals surface area contributed by atoms with Gasteiger partial charge in [0.15, 0.2) is 0 Å². The summed E-state index contributed by atoms with van der Waals surface area (Å²) < 4.78 is 27.0. The number of aromatic nitrogens is 2. The van der Waals surface area contributed by atoms with Gasteiger partial charge in [-0.15, -0.1) is 0 Å². The Bertz CT molecular complexity index is 2480. The van der Waals surface area contributed by atoms with E-state index in [0.29, 0.717) is 78.0 Å². The predicted molar refractivity (Wildman–Crippen MR) is 269 cm³/mol. The third-order valence-corrected chi connectivity index (χ3v) is 15.6. The normalized spacial score (nSPS) is 24.6. The third-order valence-electron chi connectivity index (χ3n) is 15.6. The van der Waals surface area contributed by atoms with Crippen molar-refractivity contribution in [1.82, 2.24) is 40.0 Å². The molecular formula is C53H75N9O9. The van der Waals surface area contributed by atoms with E-state index < -0.39 is 53.0 Å². The van der Waals surface area contributed by atoms with Crippen molar-refractivity contribution in [3.63, 3.8) is 0 Å². The highest BCUT2D eigenvalue weighted by Crippen LogP contribution is 2.42. The van der Waals surface area contributed by atoms with Gasteiger partial charge in [0.05, 0.1) is 48.5 Å². The zero-order valence-corrected chi connectivity index (χ0v) is 43.2. The molecule has 71 heavy (non-hydrogen) atoms. The van der Waals surface area contributed by atoms with Gasteiger partial charge < -0.3 is 48.4 Å². The number of piperidine rings is 1. The number of urea groups is 1. The van der Waals surface area contributed by atoms with E-state index in [1.54, 1.807) is 30.2 Å². The molecule has 4 fully saturated rings. The minimum Gasteiger partial charge on any atom is -0.464 e. The number of pyridine rings is 1. The second-order valence-corrected chi connectivity index (χ2v) is 21.2. The van der Waals surface area contributed by atoms with E-state index in [0.717, 1.165) is 39.1 Å². The lowest BCUT2D eigenvalue weighted by Gasteiger charge is -2.43. The Morgan fingerprint density at radius 2 is 1.86 bits per heavy atom. The summed E-state index contributed by atoms with van der Waals surface area (Å²) in [4.78, 5) is 82.2. The van der Waals surface area contributed by atoms with Crippen LogP contribution in [0.1, 0.15) is 97.9 Å². The number of anilines is 1. The Balaban J connectivity index is 1.09. The number of morpholine rings is 1. The quantitative estimate of drug-likeness (QED) is 0.205. The number of hydrogen-bond acceptors (Lipinski definition) is 12. The Kier molecular flexibility index (Phi) is 15.5. The van der Waals surface area contributed by atoms with Crippen LogP contribution in [-0.4, -0.2) is 162 Å². The number of aryl methyl sites for hydroxylation is 1. The summed E-state index contributed by atoms with van der Waals surface area (Å²) in [6.45, 7) is 21.3. The molecule has 8 rings (SSSR count). The molecular weight excluding hydrogens is 907 g/mol. The monoisotopic (exact) mass is 982 g/mol. The Hall–Kier alpha value is -5.56. The van der Waals surface area contributed by atoms with Crippen molar-refractivity contribution < 1.29 is 42.9 Å². The number of cyclic esters (lactones) is 1. The molecule has 2 aromatic heterocycles. The summed E-state index contributed by atoms with van der Waals surface area (Å²) >= 11 is 0. The number of nitrogens with zero attached hydrogens (tertiary/aromatic N) is 7. The van der Waals surface area contributed by atoms with Crippen LogP contribution in [0, 0.1) is 11.3 Å². The first-order valence-corrected chi connectivity index (χ1v) is 25.5. The second-order valence-electron chi connectivity index (χ2n) is 21.2. The number of ether oxygens (including phenoxy) is 4. The molecule has 6 atom stereocenters. The third kappa shape index (κ3) is 10.4. The van der Waals surface area contributed by atoms with Gasteiger partial charge in [0, 0.05) is 93.6 Å². The van der Waals surface area contributed by atoms with Gasteiger partial charge in [0.2, 0.25) is 11.8 Å². The molecule has 0 radical (unpaired) electrons. The SMILES string of the molecule is C=CC(=O)N1COC2(CCN(C(=O)N(C)[C@H](C(=O)N[C@H]3C[C@H]4CN(CCO4)c4ccc5c(c4)c(c(-c4cccnc4[C@H](C)OC)n5CC)CC(C)(C)COC(=O)[C@@H]4CCCN(N4)C3=O)C(C)C)CC2)[C@@H]1C. The molecule has 386 valence electrons. The van der Waals surface area contributed by atoms with Crippen LogP contribution in [0.25, 0.3) is 22.2 Å². The zero-order valence-electron chi connectivity index (χ0n) is 43.2. The molecule has 4 saturated heterocycles. The first-order chi connectivity index (χ1) is 33.9. The first kappa shape index (κ1) is 51.8. The van der Waals surface area contributed by atoms with Gasteiger partial charge in [-0.3, -0.25) is 29.2 Å². The summed E-state index contributed by atoms with van der Waals surface area (Å²) in [5.74, 6) is -1.83. The van der Waals surface area contributed by atoms with Gasteiger partial charge in [0.1, 0.15) is 24.9 Å². The van der Waals surface area contributed by atoms with Gasteiger partial charge in [0.25, 0.3) is 5.91 Å². The van der Waals surface area contributed by atoms with Gasteiger partial charge in [-0.1, -0.05) is 34.3 Å². The number of hydrazine groups is 1. The summed E-state index contributed by atoms with van der Waals surface area (Å²) in [7, 11) is 3.32. The largest absolute Gasteiger partial charge is 0.464 e. The molecule has 3 aromatic rings. The fraction of sp³-hybridized carbons (Fsp3) is 0.623. The Labute approximate surface area is 418 Å². The summed E-state index contributed by atoms with van der Waals surface area (Å²) in [6.07, 6.45) is 5.17. The van der Waals surface area contributed by atoms with Crippen LogP contribution in [0.2, 0.25) is 0 Å². The zero-order chi connectivity index (χ0) is 50.9. The number of benzene rings is 1. The van der Waals surface area contributed by atoms with Crippen LogP contribution in [0.5, 0.6) is 0 Å². The molecule has 6 bridgehead atoms. The standard InChI is InChI=1S/C53H75N9O9/c1-11-44(63)61-32-71-53(35(61)6)19-23-58(24-20-53)51(67)57(9)46(33(3)4)48(64)55-42-28-37-30-59(25-26-69-37)36-17-18-43-39(27-36)40(47(60(43)12-2)38-15-13-21-54-45(38)34(5)68-10)29-52(7,8)31-70-50(66)41-16-14-22-62(56-41)49(42)65/h11,13,15,17-18,21,27,33-35,37,41-42,46,56H,1,12,14,16,19-20,22-26,28-32H2,2-10H3,(H,55,64)/t34-,35-,37-,41-,42-,46-/m0/s1. The molecule has 1 spiro atoms. The van der Waals surface area contributed by atoms with Crippen LogP contribution < -0.4 is 15.6 Å². The Morgan fingerprint density at radius 3 is 2.56 bits per heavy atom. The van der Waals surface area contributed by atoms with Crippen molar-refractivity contribution >= 4 is 46.3 Å². The number of nitrogens with one attached hydrogen (secondary N) is 2. The molecule has 0 unspecified atom stereocenters. The van der Waals surface area contributed by atoms with Crippen molar-refractivity contribution in [2.45, 2.75) is 136 Å². The summed E-state index contributed by atoms with van der Waals surface area (Å²) in [5, 5.41) is 5.62. The molecule has 5 aliphatic heterocycles. The number of likely N-dealkylation sites (N-methyl/N-ethyl adjacent to an activating group) is 1. The minimum atomic E-state index is -1.06. The van der Waals surface area contributed by atoms with Crippen molar-refractivity contribution in [1.29, 1.82) is 0 Å². The van der Waals surface area contributed by atoms with Gasteiger partial charge in [-0.05, 0) is 101 Å². The lowest BCUT2D eigenvalue weighted by Crippen LogP contribution is -2.63. The van der Waals surface area contributed by atoms with E-state index >= 15 is 0 Å². The van der Waals surface area contributed by atoms with Crippen molar-refractivity contribution in [3.8, 4) is 11.3 Å². The average molecular weight is 982 g/mol. The Morgan fingerprint density at radius 1 is 1.10 bits per heavy atom. The number of esters is 1. The van der Waals surface area contributed by atoms with Gasteiger partial charge >= 0.3 is 12.0 Å². The lowest BCUT2D eigenvalue weighted by atomic mass is 9.84. The molecule has 5 aliphatic rings. The summed E-state index contributed by atoms with van der Waals surface area (Å²) in [6, 6.07) is 7.36.